The van der Waals surface area contributed by atoms with Crippen LogP contribution < -0.4 is 0 Å². The van der Waals surface area contributed by atoms with E-state index < -0.39 is 0 Å². The summed E-state index contributed by atoms with van der Waals surface area (Å²) in [5, 5.41) is 4.99. The Morgan fingerprint density at radius 3 is 2.62 bits per heavy atom. The molecule has 0 radical (unpaired) electrons. The van der Waals surface area contributed by atoms with Gasteiger partial charge in [-0.15, -0.1) is 36.2 Å². The fourth-order valence-electron chi connectivity index (χ4n) is 5.16. The molecule has 196 valence electrons. The summed E-state index contributed by atoms with van der Waals surface area (Å²) < 4.78 is 2.17. The van der Waals surface area contributed by atoms with Crippen molar-refractivity contribution < 1.29 is 0 Å². The van der Waals surface area contributed by atoms with Crippen LogP contribution in [0.3, 0.4) is 0 Å². The predicted molar refractivity (Wildman–Crippen MR) is 161 cm³/mol. The van der Waals surface area contributed by atoms with Gasteiger partial charge in [0.15, 0.2) is 11.0 Å². The molecule has 6 rings (SSSR count). The monoisotopic (exact) mass is 575 g/mol. The molecule has 9 heteroatoms. The Kier molecular flexibility index (Phi) is 8.87. The molecule has 0 aliphatic carbocycles. The first kappa shape index (κ1) is 27.9. The number of imidazole rings is 1. The van der Waals surface area contributed by atoms with Crippen molar-refractivity contribution in [3.63, 3.8) is 0 Å². The molecule has 4 heterocycles. The number of rotatable bonds is 6. The third kappa shape index (κ3) is 5.84. The van der Waals surface area contributed by atoms with Crippen LogP contribution in [0.5, 0.6) is 0 Å². The highest BCUT2D eigenvalue weighted by atomic mass is 35.5. The Labute approximate surface area is 239 Å². The average molecular weight is 577 g/mol. The zero-order chi connectivity index (χ0) is 23.9. The molecule has 1 aliphatic heterocycles. The van der Waals surface area contributed by atoms with Gasteiger partial charge in [0, 0.05) is 28.5 Å². The second kappa shape index (κ2) is 11.7. The Balaban J connectivity index is 0.00000160. The molecule has 1 fully saturated rings. The summed E-state index contributed by atoms with van der Waals surface area (Å²) >= 11 is 7.99. The quantitative estimate of drug-likeness (QED) is 0.221. The van der Waals surface area contributed by atoms with Crippen LogP contribution >= 0.6 is 47.8 Å². The SMILES string of the molecule is CC(C)Cc1cn(-c2nc(-c3nc4cc(CN5CCCCC5)ccc4[nH]3)cs2)c2cc(Cl)ccc12.Cl.Cl. The van der Waals surface area contributed by atoms with E-state index in [4.69, 9.17) is 21.6 Å². The van der Waals surface area contributed by atoms with Gasteiger partial charge in [-0.1, -0.05) is 44.0 Å². The Morgan fingerprint density at radius 1 is 1.03 bits per heavy atom. The lowest BCUT2D eigenvalue weighted by molar-refractivity contribution is 0.221. The fraction of sp³-hybridized carbons (Fsp3) is 0.357. The van der Waals surface area contributed by atoms with E-state index in [2.05, 4.69) is 64.1 Å². The van der Waals surface area contributed by atoms with Crippen LogP contribution in [0.25, 0.3) is 38.6 Å². The van der Waals surface area contributed by atoms with Crippen LogP contribution in [0, 0.1) is 5.92 Å². The first-order chi connectivity index (χ1) is 17.0. The number of nitrogens with zero attached hydrogens (tertiary/aromatic N) is 4. The van der Waals surface area contributed by atoms with Gasteiger partial charge in [-0.05, 0) is 73.7 Å². The highest BCUT2D eigenvalue weighted by Gasteiger charge is 2.16. The summed E-state index contributed by atoms with van der Waals surface area (Å²) in [6.45, 7) is 7.90. The summed E-state index contributed by atoms with van der Waals surface area (Å²) in [4.78, 5) is 15.9. The number of thiazole rings is 1. The molecule has 0 amide bonds. The van der Waals surface area contributed by atoms with Crippen molar-refractivity contribution in [1.29, 1.82) is 0 Å². The number of fused-ring (bicyclic) bond motifs is 2. The normalized spacial score (nSPS) is 14.3. The molecule has 0 spiro atoms. The Hall–Kier alpha value is -2.09. The first-order valence-electron chi connectivity index (χ1n) is 12.5. The van der Waals surface area contributed by atoms with E-state index in [0.29, 0.717) is 5.92 Å². The molecule has 3 aromatic heterocycles. The maximum atomic E-state index is 6.37. The number of hydrogen-bond donors (Lipinski definition) is 1. The minimum absolute atomic E-state index is 0. The van der Waals surface area contributed by atoms with Gasteiger partial charge in [0.1, 0.15) is 5.69 Å². The van der Waals surface area contributed by atoms with E-state index in [0.717, 1.165) is 51.2 Å². The van der Waals surface area contributed by atoms with Crippen LogP contribution in [-0.4, -0.2) is 37.5 Å². The molecule has 37 heavy (non-hydrogen) atoms. The number of aromatic nitrogens is 4. The van der Waals surface area contributed by atoms with Crippen LogP contribution in [-0.2, 0) is 13.0 Å². The lowest BCUT2D eigenvalue weighted by atomic mass is 10.0. The minimum Gasteiger partial charge on any atom is -0.337 e. The summed E-state index contributed by atoms with van der Waals surface area (Å²) in [5.41, 5.74) is 6.67. The highest BCUT2D eigenvalue weighted by molar-refractivity contribution is 7.12. The van der Waals surface area contributed by atoms with E-state index in [1.165, 1.54) is 48.9 Å². The standard InChI is InChI=1S/C28H30ClN5S.2ClH/c1-18(2)12-20-16-34(26-14-21(29)7-8-22(20)26)28-32-25(17-35-28)27-30-23-9-6-19(13-24(23)31-27)15-33-10-4-3-5-11-33;;/h6-9,13-14,16-18H,3-5,10-12,15H2,1-2H3,(H,30,31);2*1H. The second-order valence-corrected chi connectivity index (χ2v) is 11.3. The topological polar surface area (TPSA) is 49.7 Å². The Morgan fingerprint density at radius 2 is 1.84 bits per heavy atom. The van der Waals surface area contributed by atoms with E-state index in [1.807, 2.05) is 12.1 Å². The number of likely N-dealkylation sites (tertiary alicyclic amines) is 1. The van der Waals surface area contributed by atoms with Gasteiger partial charge < -0.3 is 4.98 Å². The van der Waals surface area contributed by atoms with Crippen molar-refractivity contribution in [3.05, 3.63) is 64.1 Å². The molecule has 0 unspecified atom stereocenters. The molecule has 0 saturated carbocycles. The minimum atomic E-state index is 0. The largest absolute Gasteiger partial charge is 0.337 e. The molecule has 5 nitrogen and oxygen atoms in total. The van der Waals surface area contributed by atoms with E-state index in [1.54, 1.807) is 11.3 Å². The molecule has 2 aromatic carbocycles. The number of nitrogens with one attached hydrogen (secondary N) is 1. The molecule has 1 aliphatic rings. The molecular formula is C28H32Cl3N5S. The molecule has 1 N–H and O–H groups in total. The fourth-order valence-corrected chi connectivity index (χ4v) is 6.13. The number of benzene rings is 2. The van der Waals surface area contributed by atoms with Gasteiger partial charge in [-0.25, -0.2) is 9.97 Å². The maximum absolute atomic E-state index is 6.37. The molecule has 0 atom stereocenters. The van der Waals surface area contributed by atoms with Gasteiger partial charge >= 0.3 is 0 Å². The van der Waals surface area contributed by atoms with Crippen molar-refractivity contribution in [2.45, 2.75) is 46.1 Å². The first-order valence-corrected chi connectivity index (χ1v) is 13.8. The van der Waals surface area contributed by atoms with Gasteiger partial charge in [-0.3, -0.25) is 9.47 Å². The second-order valence-electron chi connectivity index (χ2n) is 10.1. The summed E-state index contributed by atoms with van der Waals surface area (Å²) in [5.74, 6) is 1.39. The summed E-state index contributed by atoms with van der Waals surface area (Å²) in [6.07, 6.45) is 7.21. The molecular weight excluding hydrogens is 545 g/mol. The summed E-state index contributed by atoms with van der Waals surface area (Å²) in [6, 6.07) is 12.7. The van der Waals surface area contributed by atoms with Crippen LogP contribution in [0.4, 0.5) is 0 Å². The van der Waals surface area contributed by atoms with E-state index in [9.17, 15) is 0 Å². The van der Waals surface area contributed by atoms with Gasteiger partial charge in [0.2, 0.25) is 0 Å². The third-order valence-corrected chi connectivity index (χ3v) is 7.90. The molecule has 5 aromatic rings. The maximum Gasteiger partial charge on any atom is 0.194 e. The number of halogens is 3. The van der Waals surface area contributed by atoms with Crippen molar-refractivity contribution in [1.82, 2.24) is 24.4 Å². The van der Waals surface area contributed by atoms with E-state index >= 15 is 0 Å². The van der Waals surface area contributed by atoms with E-state index in [-0.39, 0.29) is 24.8 Å². The number of H-pyrrole nitrogens is 1. The molecule has 0 bridgehead atoms. The van der Waals surface area contributed by atoms with Crippen LogP contribution in [0.2, 0.25) is 5.02 Å². The summed E-state index contributed by atoms with van der Waals surface area (Å²) in [7, 11) is 0. The zero-order valence-electron chi connectivity index (χ0n) is 21.0. The van der Waals surface area contributed by atoms with Crippen molar-refractivity contribution >= 4 is 69.7 Å². The van der Waals surface area contributed by atoms with Gasteiger partial charge in [0.25, 0.3) is 0 Å². The zero-order valence-corrected chi connectivity index (χ0v) is 24.2. The van der Waals surface area contributed by atoms with Crippen molar-refractivity contribution in [2.75, 3.05) is 13.1 Å². The van der Waals surface area contributed by atoms with Crippen LogP contribution in [0.1, 0.15) is 44.2 Å². The van der Waals surface area contributed by atoms with Crippen LogP contribution in [0.15, 0.2) is 48.0 Å². The highest BCUT2D eigenvalue weighted by Crippen LogP contribution is 2.32. The lowest BCUT2D eigenvalue weighted by Gasteiger charge is -2.26. The lowest BCUT2D eigenvalue weighted by Crippen LogP contribution is -2.29. The molecule has 1 saturated heterocycles. The predicted octanol–water partition coefficient (Wildman–Crippen LogP) is 8.31. The van der Waals surface area contributed by atoms with Gasteiger partial charge in [0.05, 0.1) is 16.6 Å². The van der Waals surface area contributed by atoms with Crippen molar-refractivity contribution in [2.24, 2.45) is 5.92 Å². The smallest absolute Gasteiger partial charge is 0.194 e. The third-order valence-electron chi connectivity index (χ3n) is 6.82. The number of piperidine rings is 1. The average Bonchev–Trinajstić information content (AvgIpc) is 3.56. The van der Waals surface area contributed by atoms with Gasteiger partial charge in [-0.2, -0.15) is 0 Å². The van der Waals surface area contributed by atoms with Crippen molar-refractivity contribution in [3.8, 4) is 16.6 Å². The number of hydrogen-bond acceptors (Lipinski definition) is 4. The Bertz CT molecular complexity index is 1500. The number of aromatic amines is 1.